The maximum atomic E-state index is 14.6. The predicted octanol–water partition coefficient (Wildman–Crippen LogP) is 8.65. The van der Waals surface area contributed by atoms with Crippen LogP contribution in [0, 0.1) is 37.5 Å². The Bertz CT molecular complexity index is 2080. The van der Waals surface area contributed by atoms with Gasteiger partial charge in [0.15, 0.2) is 11.9 Å². The fraction of sp³-hybridized carbons (Fsp3) is 0.500. The highest BCUT2D eigenvalue weighted by atomic mass is 16.7. The first-order valence-electron chi connectivity index (χ1n) is 21.5. The Kier molecular flexibility index (Phi) is 12.9. The molecule has 10 nitrogen and oxygen atoms in total. The maximum Gasteiger partial charge on any atom is 0.338 e. The van der Waals surface area contributed by atoms with Crippen molar-refractivity contribution in [3.8, 4) is 0 Å². The van der Waals surface area contributed by atoms with E-state index in [4.69, 9.17) is 28.4 Å². The van der Waals surface area contributed by atoms with Crippen molar-refractivity contribution in [1.82, 2.24) is 0 Å². The Labute approximate surface area is 354 Å². The molecule has 1 aliphatic carbocycles. The number of ether oxygens (including phenoxy) is 6. The molecule has 0 saturated carbocycles. The molecule has 2 aromatic carbocycles. The van der Waals surface area contributed by atoms with Crippen LogP contribution in [-0.4, -0.2) is 77.6 Å². The van der Waals surface area contributed by atoms with Gasteiger partial charge in [-0.15, -0.1) is 0 Å². The van der Waals surface area contributed by atoms with Crippen LogP contribution in [0.1, 0.15) is 99.1 Å². The van der Waals surface area contributed by atoms with Crippen LogP contribution in [0.25, 0.3) is 0 Å². The topological polar surface area (TPSA) is 127 Å². The van der Waals surface area contributed by atoms with Crippen LogP contribution < -0.4 is 0 Å². The summed E-state index contributed by atoms with van der Waals surface area (Å²) < 4.78 is 38.8. The molecule has 12 atom stereocenters. The third-order valence-corrected chi connectivity index (χ3v) is 13.0. The van der Waals surface area contributed by atoms with Gasteiger partial charge in [0.2, 0.25) is 0 Å². The van der Waals surface area contributed by atoms with Crippen LogP contribution in [0.4, 0.5) is 0 Å². The van der Waals surface area contributed by atoms with Crippen molar-refractivity contribution in [2.45, 2.75) is 129 Å². The molecule has 0 radical (unpaired) electrons. The highest BCUT2D eigenvalue weighted by molar-refractivity contribution is 5.90. The molecule has 5 aliphatic rings. The van der Waals surface area contributed by atoms with Gasteiger partial charge in [-0.25, -0.2) is 9.59 Å². The lowest BCUT2D eigenvalue weighted by molar-refractivity contribution is -0.300. The zero-order chi connectivity index (χ0) is 42.9. The molecule has 2 bridgehead atoms. The van der Waals surface area contributed by atoms with Gasteiger partial charge >= 0.3 is 17.9 Å². The van der Waals surface area contributed by atoms with Crippen molar-refractivity contribution < 1.29 is 47.9 Å². The highest BCUT2D eigenvalue weighted by Gasteiger charge is 2.61. The molecule has 4 heterocycles. The second kappa shape index (κ2) is 17.8. The fourth-order valence-electron chi connectivity index (χ4n) is 9.23. The number of carbonyl (C=O) groups excluding carboxylic acids is 3. The summed E-state index contributed by atoms with van der Waals surface area (Å²) >= 11 is 0. The summed E-state index contributed by atoms with van der Waals surface area (Å²) in [5, 5.41) is 12.9. The zero-order valence-electron chi connectivity index (χ0n) is 36.1. The Morgan fingerprint density at radius 3 is 2.12 bits per heavy atom. The van der Waals surface area contributed by atoms with Gasteiger partial charge in [0, 0.05) is 24.7 Å². The number of fused-ring (bicyclic) bond motifs is 2. The minimum Gasteiger partial charge on any atom is -0.462 e. The van der Waals surface area contributed by atoms with E-state index in [0.717, 1.165) is 23.1 Å². The van der Waals surface area contributed by atoms with Gasteiger partial charge in [-0.05, 0) is 87.1 Å². The maximum absolute atomic E-state index is 14.6. The van der Waals surface area contributed by atoms with Crippen LogP contribution in [0.15, 0.2) is 108 Å². The number of rotatable bonds is 6. The molecule has 4 aliphatic heterocycles. The molecule has 7 rings (SSSR count). The van der Waals surface area contributed by atoms with E-state index in [-0.39, 0.29) is 36.9 Å². The van der Waals surface area contributed by atoms with Crippen LogP contribution in [0.3, 0.4) is 0 Å². The lowest BCUT2D eigenvalue weighted by Crippen LogP contribution is -2.59. The van der Waals surface area contributed by atoms with E-state index in [1.165, 1.54) is 0 Å². The molecule has 0 amide bonds. The number of benzene rings is 2. The summed E-state index contributed by atoms with van der Waals surface area (Å²) in [7, 11) is 0. The number of hydrogen-bond donors (Lipinski definition) is 1. The Morgan fingerprint density at radius 2 is 1.48 bits per heavy atom. The number of aliphatic hydroxyl groups is 1. The molecule has 0 aromatic heterocycles. The fourth-order valence-corrected chi connectivity index (χ4v) is 9.23. The molecule has 320 valence electrons. The first-order chi connectivity index (χ1) is 28.6. The molecular weight excluding hydrogens is 761 g/mol. The Morgan fingerprint density at radius 1 is 0.850 bits per heavy atom. The second-order valence-corrected chi connectivity index (χ2v) is 17.7. The third-order valence-electron chi connectivity index (χ3n) is 13.0. The lowest BCUT2D eigenvalue weighted by Gasteiger charge is -2.48. The van der Waals surface area contributed by atoms with Crippen LogP contribution in [0.5, 0.6) is 0 Å². The molecule has 60 heavy (non-hydrogen) atoms. The highest BCUT2D eigenvalue weighted by Crippen LogP contribution is 2.48. The molecule has 10 heteroatoms. The normalized spacial score (nSPS) is 37.0. The molecule has 2 aromatic rings. The Hall–Kier alpha value is -4.61. The summed E-state index contributed by atoms with van der Waals surface area (Å²) in [5.41, 5.74) is 2.75. The van der Waals surface area contributed by atoms with Crippen molar-refractivity contribution >= 4 is 17.9 Å². The van der Waals surface area contributed by atoms with Gasteiger partial charge in [-0.1, -0.05) is 106 Å². The molecule has 0 unspecified atom stereocenters. The third kappa shape index (κ3) is 8.89. The number of aryl methyl sites for hydroxylation is 2. The van der Waals surface area contributed by atoms with E-state index in [9.17, 15) is 19.5 Å². The molecule has 1 spiro atoms. The summed E-state index contributed by atoms with van der Waals surface area (Å²) in [6, 6.07) is 14.3. The summed E-state index contributed by atoms with van der Waals surface area (Å²) in [6.07, 6.45) is 11.3. The number of allylic oxidation sites excluding steroid dienone is 2. The van der Waals surface area contributed by atoms with E-state index >= 15 is 0 Å². The van der Waals surface area contributed by atoms with Crippen molar-refractivity contribution in [1.29, 1.82) is 0 Å². The summed E-state index contributed by atoms with van der Waals surface area (Å²) in [4.78, 5) is 41.7. The number of esters is 3. The SMILES string of the molecule is CC[C@H](C)[C@H]1O[C@]2(C=C[C@@H]1C)C[C@@H]1C[C@@H](C/C=C(\C)[C@@H](OC(=O)c3ccc(C)cc3)[C@@H](C)/C=C/C=C3\CO[C@@H]4[C@H](OC(=O)c5ccc(C)cc5)C(C)=C[C@@H](C(=O)O1)[C@]34O)O2. The average molecular weight is 821 g/mol. The van der Waals surface area contributed by atoms with Crippen molar-refractivity contribution in [2.24, 2.45) is 23.7 Å². The summed E-state index contributed by atoms with van der Waals surface area (Å²) in [6.45, 7) is 16.0. The van der Waals surface area contributed by atoms with Crippen LogP contribution in [0.2, 0.25) is 0 Å². The molecule has 1 N–H and O–H groups in total. The minimum absolute atomic E-state index is 0.0234. The predicted molar refractivity (Wildman–Crippen MR) is 227 cm³/mol. The van der Waals surface area contributed by atoms with Crippen molar-refractivity contribution in [3.05, 3.63) is 130 Å². The van der Waals surface area contributed by atoms with Gasteiger partial charge in [-0.3, -0.25) is 4.79 Å². The van der Waals surface area contributed by atoms with E-state index in [2.05, 4.69) is 26.8 Å². The number of hydrogen-bond acceptors (Lipinski definition) is 10. The van der Waals surface area contributed by atoms with Gasteiger partial charge < -0.3 is 33.5 Å². The largest absolute Gasteiger partial charge is 0.462 e. The monoisotopic (exact) mass is 820 g/mol. The van der Waals surface area contributed by atoms with Crippen LogP contribution >= 0.6 is 0 Å². The van der Waals surface area contributed by atoms with E-state index in [1.807, 2.05) is 70.2 Å². The van der Waals surface area contributed by atoms with Crippen LogP contribution in [-0.2, 0) is 33.2 Å². The Balaban J connectivity index is 1.28. The lowest BCUT2D eigenvalue weighted by atomic mass is 9.70. The molecular formula is C50H60O10. The smallest absolute Gasteiger partial charge is 0.338 e. The van der Waals surface area contributed by atoms with E-state index < -0.39 is 65.7 Å². The van der Waals surface area contributed by atoms with Gasteiger partial charge in [0.1, 0.15) is 29.8 Å². The van der Waals surface area contributed by atoms with Crippen molar-refractivity contribution in [2.75, 3.05) is 6.61 Å². The minimum atomic E-state index is -1.92. The average Bonchev–Trinajstić information content (AvgIpc) is 3.56. The molecule has 2 saturated heterocycles. The molecule has 2 fully saturated rings. The zero-order valence-corrected chi connectivity index (χ0v) is 36.1. The van der Waals surface area contributed by atoms with E-state index in [0.29, 0.717) is 35.1 Å². The van der Waals surface area contributed by atoms with Gasteiger partial charge in [-0.2, -0.15) is 0 Å². The summed E-state index contributed by atoms with van der Waals surface area (Å²) in [5.74, 6) is -3.85. The van der Waals surface area contributed by atoms with Gasteiger partial charge in [0.05, 0.1) is 29.9 Å². The second-order valence-electron chi connectivity index (χ2n) is 17.7. The quantitative estimate of drug-likeness (QED) is 0.172. The van der Waals surface area contributed by atoms with E-state index in [1.54, 1.807) is 49.4 Å². The first-order valence-corrected chi connectivity index (χ1v) is 21.5. The number of carbonyl (C=O) groups is 3. The van der Waals surface area contributed by atoms with Crippen molar-refractivity contribution in [3.63, 3.8) is 0 Å². The first kappa shape index (κ1) is 43.5. The van der Waals surface area contributed by atoms with Gasteiger partial charge in [0.25, 0.3) is 0 Å². The standard InChI is InChI=1S/C50H60O10/c1-9-31(4)43-34(7)23-24-49(60-43)27-40-26-39(59-49)22-17-33(6)42(57-46(51)36-18-13-29(2)14-19-36)32(5)11-10-12-38-28-55-45-44(58-47(52)37-20-15-30(3)16-21-37)35(8)25-41(48(53)56-40)50(38,45)54/h10-21,23-25,31-32,34,39-45,54H,9,22,26-28H2,1-8H3/b11-10+,33-17+,38-12+/t31-,32-,34-,39+,40-,41-,42-,43+,44+,45+,49+,50+/m0/s1.